The summed E-state index contributed by atoms with van der Waals surface area (Å²) < 4.78 is 57.6. The van der Waals surface area contributed by atoms with Crippen molar-refractivity contribution in [3.63, 3.8) is 0 Å². The van der Waals surface area contributed by atoms with E-state index in [9.17, 15) is 27.6 Å². The molecule has 1 saturated heterocycles. The van der Waals surface area contributed by atoms with Crippen molar-refractivity contribution in [2.45, 2.75) is 32.1 Å². The van der Waals surface area contributed by atoms with Crippen LogP contribution in [0.3, 0.4) is 0 Å². The number of alkyl halides is 3. The van der Waals surface area contributed by atoms with Crippen molar-refractivity contribution in [2.75, 3.05) is 30.4 Å². The van der Waals surface area contributed by atoms with Crippen molar-refractivity contribution in [3.8, 4) is 11.1 Å². The molecule has 2 aromatic heterocycles. The number of pyridine rings is 2. The van der Waals surface area contributed by atoms with E-state index in [2.05, 4.69) is 15.2 Å². The first kappa shape index (κ1) is 27.1. The second-order valence-corrected chi connectivity index (χ2v) is 9.56. The summed E-state index contributed by atoms with van der Waals surface area (Å²) in [4.78, 5) is 42.6. The number of piperazine rings is 1. The van der Waals surface area contributed by atoms with E-state index >= 15 is 4.39 Å². The quantitative estimate of drug-likeness (QED) is 0.488. The molecular weight excluding hydrogens is 506 g/mol. The van der Waals surface area contributed by atoms with Gasteiger partial charge in [0.05, 0.1) is 22.5 Å². The van der Waals surface area contributed by atoms with Crippen molar-refractivity contribution < 1.29 is 25.2 Å². The largest absolute Gasteiger partial charge is 0.417 e. The molecule has 2 N–H and O–H groups in total. The zero-order valence-electron chi connectivity index (χ0n) is 21.2. The lowest BCUT2D eigenvalue weighted by atomic mass is 10.0. The van der Waals surface area contributed by atoms with E-state index in [0.29, 0.717) is 36.6 Å². The monoisotopic (exact) mass is 537 g/mol. The van der Waals surface area contributed by atoms with Crippen molar-refractivity contribution >= 4 is 17.3 Å². The number of hydrogen-bond donors (Lipinski definition) is 2. The normalized spacial score (nSPS) is 18.5. The van der Waals surface area contributed by atoms with Gasteiger partial charge in [0.2, 0.25) is 11.1 Å². The molecule has 206 valence electrons. The van der Waals surface area contributed by atoms with Gasteiger partial charge in [0, 0.05) is 70.7 Å². The highest BCUT2D eigenvalue weighted by atomic mass is 19.4. The first-order chi connectivity index (χ1) is 17.8. The third-order valence-corrected chi connectivity index (χ3v) is 6.91. The van der Waals surface area contributed by atoms with E-state index in [4.69, 9.17) is 0 Å². The maximum absolute atomic E-state index is 15.5. The Morgan fingerprint density at radius 3 is 2.34 bits per heavy atom. The number of halogens is 4. The molecule has 1 aliphatic rings. The number of carbonyl (C=O) groups is 1. The van der Waals surface area contributed by atoms with Gasteiger partial charge in [-0.05, 0) is 39.1 Å². The Hall–Kier alpha value is -3.93. The second-order valence-electron chi connectivity index (χ2n) is 9.56. The molecule has 0 unspecified atom stereocenters. The number of benzene rings is 1. The summed E-state index contributed by atoms with van der Waals surface area (Å²) in [5.41, 5.74) is -2.71. The Labute approximate surface area is 218 Å². The summed E-state index contributed by atoms with van der Waals surface area (Å²) >= 11 is 0. The van der Waals surface area contributed by atoms with Gasteiger partial charge in [0.25, 0.3) is 5.91 Å². The second kappa shape index (κ2) is 10.1. The molecule has 1 fully saturated rings. The molecule has 4 rings (SSSR count). The van der Waals surface area contributed by atoms with Gasteiger partial charge in [-0.1, -0.05) is 0 Å². The summed E-state index contributed by atoms with van der Waals surface area (Å²) in [6, 6.07) is 5.73. The molecule has 1 aromatic carbocycles. The standard InChI is InChI=1S/C26H27F4N5O3.2H2/c1-14-11-35(12-15(2)34(14)4)22-9-20(27)17(16-5-6-24(37)33(3)13-16)7-21(22)32-25(38)18-10-31-23(36)8-19(18)26(28,29)30;;/h5-10,13-15H,11-12H2,1-4H3,(H,31,36)(H,32,38);2*1H/t14-,15+;;. The summed E-state index contributed by atoms with van der Waals surface area (Å²) in [5, 5.41) is 2.51. The molecule has 1 aliphatic heterocycles. The molecule has 38 heavy (non-hydrogen) atoms. The first-order valence-corrected chi connectivity index (χ1v) is 11.8. The Balaban J connectivity index is 0.00000280. The van der Waals surface area contributed by atoms with Crippen LogP contribution in [0.5, 0.6) is 0 Å². The molecule has 3 heterocycles. The van der Waals surface area contributed by atoms with Crippen LogP contribution >= 0.6 is 0 Å². The SMILES string of the molecule is C[C@@H]1CN(c2cc(F)c(-c3ccc(=O)n(C)c3)cc2NC(=O)c2c[nH]c(=O)cc2C(F)(F)F)C[C@H](C)N1C.[HH].[HH]. The van der Waals surface area contributed by atoms with Crippen molar-refractivity contribution in [1.29, 1.82) is 0 Å². The van der Waals surface area contributed by atoms with Gasteiger partial charge >= 0.3 is 6.18 Å². The molecule has 2 atom stereocenters. The highest BCUT2D eigenvalue weighted by molar-refractivity contribution is 6.07. The summed E-state index contributed by atoms with van der Waals surface area (Å²) in [7, 11) is 3.47. The Kier molecular flexibility index (Phi) is 7.20. The number of likely N-dealkylation sites (N-methyl/N-ethyl adjacent to an activating group) is 1. The van der Waals surface area contributed by atoms with Crippen LogP contribution in [-0.2, 0) is 13.2 Å². The van der Waals surface area contributed by atoms with Crippen LogP contribution in [0.1, 0.15) is 32.6 Å². The fourth-order valence-corrected chi connectivity index (χ4v) is 4.58. The van der Waals surface area contributed by atoms with E-state index in [1.54, 1.807) is 0 Å². The fraction of sp³-hybridized carbons (Fsp3) is 0.346. The van der Waals surface area contributed by atoms with Crippen LogP contribution in [0.4, 0.5) is 28.9 Å². The lowest BCUT2D eigenvalue weighted by Gasteiger charge is -2.44. The lowest BCUT2D eigenvalue weighted by Crippen LogP contribution is -2.55. The fourth-order valence-electron chi connectivity index (χ4n) is 4.58. The van der Waals surface area contributed by atoms with Crippen molar-refractivity contribution in [2.24, 2.45) is 7.05 Å². The summed E-state index contributed by atoms with van der Waals surface area (Å²) in [5.74, 6) is -1.75. The highest BCUT2D eigenvalue weighted by Gasteiger charge is 2.36. The van der Waals surface area contributed by atoms with Gasteiger partial charge in [-0.2, -0.15) is 13.2 Å². The topological polar surface area (TPSA) is 90.4 Å². The van der Waals surface area contributed by atoms with Crippen molar-refractivity contribution in [3.05, 3.63) is 80.4 Å². The maximum Gasteiger partial charge on any atom is 0.417 e. The first-order valence-electron chi connectivity index (χ1n) is 11.8. The lowest BCUT2D eigenvalue weighted by molar-refractivity contribution is -0.138. The number of rotatable bonds is 4. The number of H-pyrrole nitrogens is 1. The predicted molar refractivity (Wildman–Crippen MR) is 140 cm³/mol. The van der Waals surface area contributed by atoms with Gasteiger partial charge in [0.1, 0.15) is 5.82 Å². The number of aryl methyl sites for hydroxylation is 1. The predicted octanol–water partition coefficient (Wildman–Crippen LogP) is 4.17. The molecule has 3 aromatic rings. The van der Waals surface area contributed by atoms with Crippen LogP contribution in [0.25, 0.3) is 11.1 Å². The highest BCUT2D eigenvalue weighted by Crippen LogP contribution is 2.37. The van der Waals surface area contributed by atoms with Gasteiger partial charge in [-0.3, -0.25) is 19.3 Å². The van der Waals surface area contributed by atoms with E-state index in [-0.39, 0.29) is 31.7 Å². The van der Waals surface area contributed by atoms with Crippen LogP contribution in [0, 0.1) is 5.82 Å². The van der Waals surface area contributed by atoms with Crippen LogP contribution < -0.4 is 21.3 Å². The number of hydrogen-bond acceptors (Lipinski definition) is 5. The molecule has 0 aliphatic carbocycles. The Morgan fingerprint density at radius 2 is 1.74 bits per heavy atom. The van der Waals surface area contributed by atoms with Crippen LogP contribution in [-0.4, -0.2) is 52.6 Å². The van der Waals surface area contributed by atoms with Gasteiger partial charge in [-0.15, -0.1) is 0 Å². The number of aromatic nitrogens is 2. The van der Waals surface area contributed by atoms with E-state index in [1.165, 1.54) is 42.1 Å². The molecule has 8 nitrogen and oxygen atoms in total. The molecule has 0 radical (unpaired) electrons. The zero-order chi connectivity index (χ0) is 27.9. The molecule has 1 amide bonds. The third-order valence-electron chi connectivity index (χ3n) is 6.91. The Morgan fingerprint density at radius 1 is 1.08 bits per heavy atom. The zero-order valence-corrected chi connectivity index (χ0v) is 21.2. The number of anilines is 2. The number of carbonyl (C=O) groups excluding carboxylic acids is 1. The summed E-state index contributed by atoms with van der Waals surface area (Å²) in [6.07, 6.45) is -2.82. The average Bonchev–Trinajstić information content (AvgIpc) is 2.84. The smallest absolute Gasteiger partial charge is 0.367 e. The molecule has 12 heteroatoms. The van der Waals surface area contributed by atoms with E-state index < -0.39 is 34.6 Å². The summed E-state index contributed by atoms with van der Waals surface area (Å²) in [6.45, 7) is 4.95. The number of nitrogens with one attached hydrogen (secondary N) is 2. The third kappa shape index (κ3) is 5.35. The molecule has 0 spiro atoms. The molecule has 0 saturated carbocycles. The van der Waals surface area contributed by atoms with E-state index in [1.807, 2.05) is 25.8 Å². The van der Waals surface area contributed by atoms with Gasteiger partial charge in [-0.25, -0.2) is 4.39 Å². The van der Waals surface area contributed by atoms with Gasteiger partial charge in [0.15, 0.2) is 0 Å². The number of aromatic amines is 1. The average molecular weight is 538 g/mol. The number of amides is 1. The minimum atomic E-state index is -4.95. The minimum Gasteiger partial charge on any atom is -0.367 e. The van der Waals surface area contributed by atoms with E-state index in [0.717, 1.165) is 0 Å². The van der Waals surface area contributed by atoms with Gasteiger partial charge < -0.3 is 19.8 Å². The Bertz CT molecular complexity index is 1500. The van der Waals surface area contributed by atoms with Crippen LogP contribution in [0.2, 0.25) is 0 Å². The molecule has 0 bridgehead atoms. The van der Waals surface area contributed by atoms with Crippen LogP contribution in [0.15, 0.2) is 52.3 Å². The molecular formula is C26H31F4N5O3. The minimum absolute atomic E-state index is 0. The number of nitrogens with zero attached hydrogens (tertiary/aromatic N) is 3. The maximum atomic E-state index is 15.5. The van der Waals surface area contributed by atoms with Crippen molar-refractivity contribution in [1.82, 2.24) is 14.5 Å².